The molecule has 1 heterocycles. The first-order valence-electron chi connectivity index (χ1n) is 7.21. The third kappa shape index (κ3) is 3.84. The highest BCUT2D eigenvalue weighted by molar-refractivity contribution is 5.02. The Morgan fingerprint density at radius 3 is 2.28 bits per heavy atom. The van der Waals surface area contributed by atoms with Crippen molar-refractivity contribution in [2.75, 3.05) is 0 Å². The predicted octanol–water partition coefficient (Wildman–Crippen LogP) is 3.44. The molecule has 0 radical (unpaired) electrons. The third-order valence-electron chi connectivity index (χ3n) is 3.90. The zero-order valence-electron chi connectivity index (χ0n) is 12.4. The van der Waals surface area contributed by atoms with Gasteiger partial charge in [0, 0.05) is 6.20 Å². The Hall–Kier alpha value is -0.830. The number of rotatable bonds is 7. The first-order chi connectivity index (χ1) is 8.49. The van der Waals surface area contributed by atoms with Crippen LogP contribution < -0.4 is 0 Å². The fourth-order valence-corrected chi connectivity index (χ4v) is 2.56. The summed E-state index contributed by atoms with van der Waals surface area (Å²) in [4.78, 5) is 0. The van der Waals surface area contributed by atoms with Gasteiger partial charge in [-0.25, -0.2) is 0 Å². The van der Waals surface area contributed by atoms with Crippen molar-refractivity contribution in [2.24, 2.45) is 11.8 Å². The fourth-order valence-electron chi connectivity index (χ4n) is 2.56. The van der Waals surface area contributed by atoms with Gasteiger partial charge in [0.05, 0.1) is 17.8 Å². The number of aliphatic hydroxyl groups is 1. The minimum absolute atomic E-state index is 0.275. The summed E-state index contributed by atoms with van der Waals surface area (Å²) in [6, 6.07) is 2.60. The molecule has 0 bridgehead atoms. The molecule has 0 aromatic carbocycles. The Morgan fingerprint density at radius 1 is 1.22 bits per heavy atom. The summed E-state index contributed by atoms with van der Waals surface area (Å²) in [5.41, 5.74) is 1.10. The number of aromatic nitrogens is 2. The van der Waals surface area contributed by atoms with Crippen LogP contribution in [0.5, 0.6) is 0 Å². The van der Waals surface area contributed by atoms with Gasteiger partial charge < -0.3 is 5.11 Å². The Bertz CT molecular complexity index is 332. The van der Waals surface area contributed by atoms with Crippen LogP contribution in [0.2, 0.25) is 0 Å². The summed E-state index contributed by atoms with van der Waals surface area (Å²) >= 11 is 0. The molecule has 0 spiro atoms. The number of hydrogen-bond acceptors (Lipinski definition) is 2. The average Bonchev–Trinajstić information content (AvgIpc) is 2.75. The maximum atomic E-state index is 9.82. The Morgan fingerprint density at radius 2 is 1.83 bits per heavy atom. The molecule has 1 aromatic rings. The van der Waals surface area contributed by atoms with Crippen LogP contribution in [0, 0.1) is 11.8 Å². The van der Waals surface area contributed by atoms with Crippen LogP contribution >= 0.6 is 0 Å². The molecule has 1 aromatic heterocycles. The lowest BCUT2D eigenvalue weighted by Gasteiger charge is -2.22. The van der Waals surface area contributed by atoms with Crippen molar-refractivity contribution in [1.29, 1.82) is 0 Å². The van der Waals surface area contributed by atoms with Gasteiger partial charge in [-0.2, -0.15) is 5.10 Å². The van der Waals surface area contributed by atoms with Gasteiger partial charge in [-0.15, -0.1) is 0 Å². The van der Waals surface area contributed by atoms with E-state index in [4.69, 9.17) is 0 Å². The molecule has 2 atom stereocenters. The molecule has 1 N–H and O–H groups in total. The highest BCUT2D eigenvalue weighted by atomic mass is 16.3. The molecule has 0 amide bonds. The van der Waals surface area contributed by atoms with Crippen LogP contribution in [0.25, 0.3) is 0 Å². The average molecular weight is 252 g/mol. The van der Waals surface area contributed by atoms with Crippen LogP contribution in [-0.2, 0) is 6.42 Å². The van der Waals surface area contributed by atoms with Crippen molar-refractivity contribution >= 4 is 0 Å². The first kappa shape index (κ1) is 15.2. The van der Waals surface area contributed by atoms with Crippen molar-refractivity contribution in [2.45, 2.75) is 66.0 Å². The van der Waals surface area contributed by atoms with E-state index in [0.29, 0.717) is 12.0 Å². The van der Waals surface area contributed by atoms with Gasteiger partial charge in [-0.1, -0.05) is 27.7 Å². The van der Waals surface area contributed by atoms with Crippen molar-refractivity contribution in [3.63, 3.8) is 0 Å². The van der Waals surface area contributed by atoms with Crippen LogP contribution in [0.4, 0.5) is 0 Å². The molecule has 1 rings (SSSR count). The highest BCUT2D eigenvalue weighted by Crippen LogP contribution is 2.21. The van der Waals surface area contributed by atoms with Gasteiger partial charge in [0.15, 0.2) is 0 Å². The number of hydrogen-bond donors (Lipinski definition) is 1. The molecule has 0 aliphatic heterocycles. The van der Waals surface area contributed by atoms with E-state index in [1.54, 1.807) is 0 Å². The minimum atomic E-state index is -0.275. The summed E-state index contributed by atoms with van der Waals surface area (Å²) in [6.07, 6.45) is 4.89. The van der Waals surface area contributed by atoms with Crippen LogP contribution in [0.15, 0.2) is 12.3 Å². The number of nitrogens with zero attached hydrogens (tertiary/aromatic N) is 2. The van der Waals surface area contributed by atoms with E-state index in [2.05, 4.69) is 49.7 Å². The van der Waals surface area contributed by atoms with E-state index in [1.165, 1.54) is 0 Å². The molecular weight excluding hydrogens is 224 g/mol. The summed E-state index contributed by atoms with van der Waals surface area (Å²) in [6.45, 7) is 10.6. The largest absolute Gasteiger partial charge is 0.393 e. The van der Waals surface area contributed by atoms with E-state index < -0.39 is 0 Å². The monoisotopic (exact) mass is 252 g/mol. The van der Waals surface area contributed by atoms with Crippen LogP contribution in [0.1, 0.15) is 59.2 Å². The standard InChI is InChI=1S/C15H28N2O/c1-6-14(7-2)17-9-8-13(16-17)10-15(11(3)4)12(5)18/h8-9,11-12,14-15,18H,6-7,10H2,1-5H3. The second kappa shape index (κ2) is 6.93. The molecule has 0 aliphatic carbocycles. The van der Waals surface area contributed by atoms with Gasteiger partial charge in [-0.05, 0) is 44.1 Å². The van der Waals surface area contributed by atoms with E-state index >= 15 is 0 Å². The normalized spacial score (nSPS) is 15.3. The molecule has 3 heteroatoms. The van der Waals surface area contributed by atoms with Crippen LogP contribution in [-0.4, -0.2) is 21.0 Å². The lowest BCUT2D eigenvalue weighted by atomic mass is 9.87. The lowest BCUT2D eigenvalue weighted by Crippen LogP contribution is -2.24. The van der Waals surface area contributed by atoms with E-state index in [1.807, 2.05) is 6.92 Å². The van der Waals surface area contributed by atoms with E-state index in [-0.39, 0.29) is 12.0 Å². The quantitative estimate of drug-likeness (QED) is 0.807. The third-order valence-corrected chi connectivity index (χ3v) is 3.90. The van der Waals surface area contributed by atoms with Gasteiger partial charge in [0.1, 0.15) is 0 Å². The molecule has 2 unspecified atom stereocenters. The maximum absolute atomic E-state index is 9.82. The van der Waals surface area contributed by atoms with Gasteiger partial charge in [0.2, 0.25) is 0 Å². The van der Waals surface area contributed by atoms with Gasteiger partial charge >= 0.3 is 0 Å². The summed E-state index contributed by atoms with van der Waals surface area (Å²) < 4.78 is 2.08. The molecular formula is C15H28N2O. The summed E-state index contributed by atoms with van der Waals surface area (Å²) in [7, 11) is 0. The van der Waals surface area contributed by atoms with E-state index in [0.717, 1.165) is 25.0 Å². The summed E-state index contributed by atoms with van der Waals surface area (Å²) in [5, 5.41) is 14.5. The number of aliphatic hydroxyl groups excluding tert-OH is 1. The Kier molecular flexibility index (Phi) is 5.86. The Labute approximate surface area is 111 Å². The zero-order valence-corrected chi connectivity index (χ0v) is 12.4. The SMILES string of the molecule is CCC(CC)n1ccc(CC(C(C)C)C(C)O)n1. The van der Waals surface area contributed by atoms with Gasteiger partial charge in [-0.3, -0.25) is 4.68 Å². The maximum Gasteiger partial charge on any atom is 0.0628 e. The van der Waals surface area contributed by atoms with Gasteiger partial charge in [0.25, 0.3) is 0 Å². The van der Waals surface area contributed by atoms with Crippen molar-refractivity contribution in [3.05, 3.63) is 18.0 Å². The van der Waals surface area contributed by atoms with E-state index in [9.17, 15) is 5.11 Å². The molecule has 0 fully saturated rings. The fraction of sp³-hybridized carbons (Fsp3) is 0.800. The topological polar surface area (TPSA) is 38.0 Å². The lowest BCUT2D eigenvalue weighted by molar-refractivity contribution is 0.0969. The molecule has 0 saturated carbocycles. The molecule has 0 saturated heterocycles. The summed E-state index contributed by atoms with van der Waals surface area (Å²) in [5.74, 6) is 0.762. The Balaban J connectivity index is 2.73. The molecule has 18 heavy (non-hydrogen) atoms. The zero-order chi connectivity index (χ0) is 13.7. The molecule has 0 aliphatic rings. The van der Waals surface area contributed by atoms with Crippen molar-refractivity contribution < 1.29 is 5.11 Å². The van der Waals surface area contributed by atoms with Crippen molar-refractivity contribution in [3.8, 4) is 0 Å². The van der Waals surface area contributed by atoms with Crippen molar-refractivity contribution in [1.82, 2.24) is 9.78 Å². The molecule has 104 valence electrons. The first-order valence-corrected chi connectivity index (χ1v) is 7.21. The minimum Gasteiger partial charge on any atom is -0.393 e. The smallest absolute Gasteiger partial charge is 0.0628 e. The highest BCUT2D eigenvalue weighted by Gasteiger charge is 2.20. The second-order valence-corrected chi connectivity index (χ2v) is 5.61. The predicted molar refractivity (Wildman–Crippen MR) is 75.6 cm³/mol. The molecule has 3 nitrogen and oxygen atoms in total. The second-order valence-electron chi connectivity index (χ2n) is 5.61. The van der Waals surface area contributed by atoms with Crippen LogP contribution in [0.3, 0.4) is 0 Å².